The second kappa shape index (κ2) is 6.02. The number of nitrogens with one attached hydrogen (secondary N) is 1. The Morgan fingerprint density at radius 3 is 2.79 bits per heavy atom. The second-order valence-corrected chi connectivity index (χ2v) is 5.45. The van der Waals surface area contributed by atoms with E-state index in [-0.39, 0.29) is 5.91 Å². The molecule has 0 saturated heterocycles. The molecule has 19 heavy (non-hydrogen) atoms. The number of fused-ring (bicyclic) bond motifs is 1. The molecule has 1 N–H and O–H groups in total. The van der Waals surface area contributed by atoms with Crippen LogP contribution in [0.5, 0.6) is 0 Å². The van der Waals surface area contributed by atoms with Crippen molar-refractivity contribution in [1.82, 2.24) is 4.90 Å². The van der Waals surface area contributed by atoms with Crippen molar-refractivity contribution in [3.63, 3.8) is 0 Å². The minimum Gasteiger partial charge on any atom is -0.326 e. The van der Waals surface area contributed by atoms with Gasteiger partial charge >= 0.3 is 0 Å². The molecule has 3 nitrogen and oxygen atoms in total. The Morgan fingerprint density at radius 1 is 1.32 bits per heavy atom. The number of rotatable bonds is 4. The fraction of sp³-hybridized carbons (Fsp3) is 0.438. The highest BCUT2D eigenvalue weighted by atomic mass is 16.1. The van der Waals surface area contributed by atoms with Crippen molar-refractivity contribution in [3.05, 3.63) is 34.9 Å². The fourth-order valence-corrected chi connectivity index (χ4v) is 2.40. The maximum Gasteiger partial charge on any atom is 0.221 e. The number of hydrogen-bond acceptors (Lipinski definition) is 2. The average molecular weight is 258 g/mol. The van der Waals surface area contributed by atoms with Crippen LogP contribution in [0.25, 0.3) is 6.08 Å². The normalized spacial score (nSPS) is 14.0. The van der Waals surface area contributed by atoms with Gasteiger partial charge in [-0.15, -0.1) is 0 Å². The molecule has 102 valence electrons. The maximum atomic E-state index is 11.1. The summed E-state index contributed by atoms with van der Waals surface area (Å²) in [5.41, 5.74) is 5.05. The zero-order valence-electron chi connectivity index (χ0n) is 12.0. The molecule has 1 amide bonds. The van der Waals surface area contributed by atoms with Crippen molar-refractivity contribution in [3.8, 4) is 0 Å². The molecule has 0 spiro atoms. The maximum absolute atomic E-state index is 11.1. The molecule has 1 aromatic rings. The lowest BCUT2D eigenvalue weighted by molar-refractivity contribution is -0.114. The average Bonchev–Trinajstić information content (AvgIpc) is 2.35. The second-order valence-electron chi connectivity index (χ2n) is 5.45. The Labute approximate surface area is 115 Å². The van der Waals surface area contributed by atoms with E-state index in [1.165, 1.54) is 16.7 Å². The number of nitrogens with zero attached hydrogens (tertiary/aromatic N) is 1. The molecule has 0 saturated carbocycles. The molecule has 0 aromatic heterocycles. The Kier molecular flexibility index (Phi) is 4.38. The predicted octanol–water partition coefficient (Wildman–Crippen LogP) is 2.93. The number of amides is 1. The lowest BCUT2D eigenvalue weighted by Crippen LogP contribution is -2.14. The van der Waals surface area contributed by atoms with Gasteiger partial charge in [-0.2, -0.15) is 0 Å². The summed E-state index contributed by atoms with van der Waals surface area (Å²) in [6.07, 6.45) is 5.64. The highest BCUT2D eigenvalue weighted by Crippen LogP contribution is 2.28. The third-order valence-electron chi connectivity index (χ3n) is 3.42. The van der Waals surface area contributed by atoms with Crippen LogP contribution in [0.15, 0.2) is 23.8 Å². The molecular weight excluding hydrogens is 236 g/mol. The van der Waals surface area contributed by atoms with Crippen molar-refractivity contribution in [2.75, 3.05) is 26.0 Å². The topological polar surface area (TPSA) is 32.3 Å². The van der Waals surface area contributed by atoms with E-state index in [1.54, 1.807) is 6.92 Å². The van der Waals surface area contributed by atoms with Crippen LogP contribution >= 0.6 is 0 Å². The van der Waals surface area contributed by atoms with Crippen molar-refractivity contribution < 1.29 is 4.79 Å². The van der Waals surface area contributed by atoms with Gasteiger partial charge in [0, 0.05) is 19.2 Å². The van der Waals surface area contributed by atoms with Crippen LogP contribution in [0.1, 0.15) is 30.9 Å². The van der Waals surface area contributed by atoms with E-state index in [0.29, 0.717) is 0 Å². The number of hydrogen-bond donors (Lipinski definition) is 1. The quantitative estimate of drug-likeness (QED) is 0.900. The van der Waals surface area contributed by atoms with Crippen LogP contribution in [0.3, 0.4) is 0 Å². The third kappa shape index (κ3) is 3.93. The smallest absolute Gasteiger partial charge is 0.221 e. The molecule has 0 atom stereocenters. The van der Waals surface area contributed by atoms with E-state index in [0.717, 1.165) is 31.5 Å². The standard InChI is InChI=1S/C16H22N2O/c1-12(19)17-16-7-6-14-10-13(8-9-18(2)3)4-5-15(14)11-16/h6-7,10-11H,4-5,8-9H2,1-3H3,(H,17,19). The van der Waals surface area contributed by atoms with Crippen LogP contribution in [0.4, 0.5) is 5.69 Å². The minimum atomic E-state index is -0.0158. The summed E-state index contributed by atoms with van der Waals surface area (Å²) in [5.74, 6) is -0.0158. The number of anilines is 1. The zero-order valence-corrected chi connectivity index (χ0v) is 12.0. The molecule has 1 aliphatic carbocycles. The first-order valence-electron chi connectivity index (χ1n) is 6.79. The van der Waals surface area contributed by atoms with Gasteiger partial charge in [0.15, 0.2) is 0 Å². The van der Waals surface area contributed by atoms with Gasteiger partial charge in [-0.3, -0.25) is 4.79 Å². The summed E-state index contributed by atoms with van der Waals surface area (Å²) in [6, 6.07) is 6.18. The van der Waals surface area contributed by atoms with E-state index >= 15 is 0 Å². The van der Waals surface area contributed by atoms with Gasteiger partial charge in [0.2, 0.25) is 5.91 Å². The fourth-order valence-electron chi connectivity index (χ4n) is 2.40. The summed E-state index contributed by atoms with van der Waals surface area (Å²) in [6.45, 7) is 2.64. The van der Waals surface area contributed by atoms with E-state index < -0.39 is 0 Å². The SMILES string of the molecule is CC(=O)Nc1ccc2c(c1)CCC(CCN(C)C)=C2. The molecule has 0 radical (unpaired) electrons. The Bertz CT molecular complexity index is 503. The first-order chi connectivity index (χ1) is 9.04. The van der Waals surface area contributed by atoms with E-state index in [9.17, 15) is 4.79 Å². The van der Waals surface area contributed by atoms with Gasteiger partial charge in [0.05, 0.1) is 0 Å². The van der Waals surface area contributed by atoms with Crippen molar-refractivity contribution in [2.45, 2.75) is 26.2 Å². The summed E-state index contributed by atoms with van der Waals surface area (Å²) in [7, 11) is 4.22. The summed E-state index contributed by atoms with van der Waals surface area (Å²) < 4.78 is 0. The van der Waals surface area contributed by atoms with E-state index in [4.69, 9.17) is 0 Å². The predicted molar refractivity (Wildman–Crippen MR) is 80.2 cm³/mol. The largest absolute Gasteiger partial charge is 0.326 e. The Morgan fingerprint density at radius 2 is 2.11 bits per heavy atom. The Balaban J connectivity index is 2.11. The molecule has 0 aliphatic heterocycles. The number of carbonyl (C=O) groups excluding carboxylic acids is 1. The van der Waals surface area contributed by atoms with Crippen molar-refractivity contribution in [1.29, 1.82) is 0 Å². The molecule has 3 heteroatoms. The first-order valence-corrected chi connectivity index (χ1v) is 6.79. The van der Waals surface area contributed by atoms with Crippen LogP contribution in [0, 0.1) is 0 Å². The van der Waals surface area contributed by atoms with Crippen LogP contribution < -0.4 is 5.32 Å². The van der Waals surface area contributed by atoms with Gasteiger partial charge in [-0.25, -0.2) is 0 Å². The van der Waals surface area contributed by atoms with Crippen molar-refractivity contribution in [2.24, 2.45) is 0 Å². The highest BCUT2D eigenvalue weighted by Gasteiger charge is 2.11. The first kappa shape index (κ1) is 13.8. The molecule has 2 rings (SSSR count). The summed E-state index contributed by atoms with van der Waals surface area (Å²) in [4.78, 5) is 13.3. The molecule has 1 aliphatic rings. The lowest BCUT2D eigenvalue weighted by Gasteiger charge is -2.19. The zero-order chi connectivity index (χ0) is 13.8. The molecule has 0 fully saturated rings. The van der Waals surface area contributed by atoms with Crippen molar-refractivity contribution >= 4 is 17.7 Å². The molecule has 0 heterocycles. The molecule has 1 aromatic carbocycles. The number of benzene rings is 1. The van der Waals surface area contributed by atoms with Gasteiger partial charge in [0.1, 0.15) is 0 Å². The summed E-state index contributed by atoms with van der Waals surface area (Å²) in [5, 5.41) is 2.84. The van der Waals surface area contributed by atoms with Crippen LogP contribution in [-0.4, -0.2) is 31.4 Å². The molecular formula is C16H22N2O. The monoisotopic (exact) mass is 258 g/mol. The number of carbonyl (C=O) groups is 1. The Hall–Kier alpha value is -1.61. The molecule has 0 bridgehead atoms. The van der Waals surface area contributed by atoms with Gasteiger partial charge < -0.3 is 10.2 Å². The van der Waals surface area contributed by atoms with E-state index in [1.807, 2.05) is 6.07 Å². The minimum absolute atomic E-state index is 0.0158. The lowest BCUT2D eigenvalue weighted by atomic mass is 9.90. The van der Waals surface area contributed by atoms with Gasteiger partial charge in [-0.05, 0) is 56.6 Å². The van der Waals surface area contributed by atoms with Gasteiger partial charge in [-0.1, -0.05) is 17.7 Å². The van der Waals surface area contributed by atoms with Crippen LogP contribution in [0.2, 0.25) is 0 Å². The van der Waals surface area contributed by atoms with Gasteiger partial charge in [0.25, 0.3) is 0 Å². The summed E-state index contributed by atoms with van der Waals surface area (Å²) >= 11 is 0. The van der Waals surface area contributed by atoms with Crippen LogP contribution in [-0.2, 0) is 11.2 Å². The highest BCUT2D eigenvalue weighted by molar-refractivity contribution is 5.89. The number of aryl methyl sites for hydroxylation is 1. The van der Waals surface area contributed by atoms with E-state index in [2.05, 4.69) is 42.5 Å². The third-order valence-corrected chi connectivity index (χ3v) is 3.42. The molecule has 0 unspecified atom stereocenters.